The van der Waals surface area contributed by atoms with Crippen LogP contribution < -0.4 is 10.1 Å². The number of benzene rings is 1. The minimum absolute atomic E-state index is 0.0523. The molecular weight excluding hydrogens is 312 g/mol. The molecule has 0 aliphatic carbocycles. The van der Waals surface area contributed by atoms with E-state index in [-0.39, 0.29) is 11.7 Å². The average Bonchev–Trinajstić information content (AvgIpc) is 2.85. The van der Waals surface area contributed by atoms with Crippen LogP contribution in [-0.4, -0.2) is 22.8 Å². The maximum absolute atomic E-state index is 12.4. The van der Waals surface area contributed by atoms with Crippen molar-refractivity contribution in [2.24, 2.45) is 0 Å². The Kier molecular flexibility index (Phi) is 5.50. The summed E-state index contributed by atoms with van der Waals surface area (Å²) in [6.45, 7) is 7.09. The van der Waals surface area contributed by atoms with E-state index >= 15 is 0 Å². The van der Waals surface area contributed by atoms with E-state index in [1.807, 2.05) is 38.1 Å². The summed E-state index contributed by atoms with van der Waals surface area (Å²) in [7, 11) is 0. The lowest BCUT2D eigenvalue weighted by Gasteiger charge is -2.16. The monoisotopic (exact) mass is 332 g/mol. The molecule has 1 aromatic carbocycles. The fraction of sp³-hybridized carbons (Fsp3) is 0.353. The SMILES string of the molecule is CCC(Oc1cccc(C)c1)C(=O)Nc1nc(C)c(C(C)=O)s1. The summed E-state index contributed by atoms with van der Waals surface area (Å²) in [5.74, 6) is 0.341. The largest absolute Gasteiger partial charge is 0.481 e. The first kappa shape index (κ1) is 17.1. The van der Waals surface area contributed by atoms with Crippen LogP contribution in [0.5, 0.6) is 5.75 Å². The topological polar surface area (TPSA) is 68.3 Å². The number of aryl methyl sites for hydroxylation is 2. The Hall–Kier alpha value is -2.21. The lowest BCUT2D eigenvalue weighted by molar-refractivity contribution is -0.122. The third kappa shape index (κ3) is 4.39. The number of hydrogen-bond donors (Lipinski definition) is 1. The second-order valence-electron chi connectivity index (χ2n) is 5.31. The minimum atomic E-state index is -0.609. The third-order valence-electron chi connectivity index (χ3n) is 3.28. The van der Waals surface area contributed by atoms with Gasteiger partial charge in [0.05, 0.1) is 10.6 Å². The van der Waals surface area contributed by atoms with E-state index in [0.717, 1.165) is 5.56 Å². The van der Waals surface area contributed by atoms with Gasteiger partial charge < -0.3 is 4.74 Å². The Balaban J connectivity index is 2.08. The molecule has 1 heterocycles. The molecule has 1 atom stereocenters. The van der Waals surface area contributed by atoms with Crippen LogP contribution in [0, 0.1) is 13.8 Å². The molecular formula is C17H20N2O3S. The molecule has 0 saturated carbocycles. The van der Waals surface area contributed by atoms with Gasteiger partial charge in [0.2, 0.25) is 0 Å². The van der Waals surface area contributed by atoms with E-state index in [1.165, 1.54) is 18.3 Å². The summed E-state index contributed by atoms with van der Waals surface area (Å²) in [6.07, 6.45) is -0.0780. The third-order valence-corrected chi connectivity index (χ3v) is 4.45. The number of carbonyl (C=O) groups is 2. The van der Waals surface area contributed by atoms with Gasteiger partial charge in [0.25, 0.3) is 5.91 Å². The molecule has 1 unspecified atom stereocenters. The average molecular weight is 332 g/mol. The molecule has 0 radical (unpaired) electrons. The number of rotatable bonds is 6. The van der Waals surface area contributed by atoms with Gasteiger partial charge in [0.1, 0.15) is 5.75 Å². The predicted molar refractivity (Wildman–Crippen MR) is 91.4 cm³/mol. The van der Waals surface area contributed by atoms with Crippen LogP contribution in [-0.2, 0) is 4.79 Å². The van der Waals surface area contributed by atoms with Crippen LogP contribution in [0.1, 0.15) is 41.2 Å². The van der Waals surface area contributed by atoms with Crippen LogP contribution in [0.4, 0.5) is 5.13 Å². The fourth-order valence-electron chi connectivity index (χ4n) is 2.14. The minimum Gasteiger partial charge on any atom is -0.481 e. The Bertz CT molecular complexity index is 724. The number of nitrogens with one attached hydrogen (secondary N) is 1. The summed E-state index contributed by atoms with van der Waals surface area (Å²) in [6, 6.07) is 7.57. The van der Waals surface area contributed by atoms with E-state index in [2.05, 4.69) is 10.3 Å². The van der Waals surface area contributed by atoms with Crippen molar-refractivity contribution in [1.29, 1.82) is 0 Å². The molecule has 122 valence electrons. The van der Waals surface area contributed by atoms with Gasteiger partial charge in [-0.25, -0.2) is 4.98 Å². The van der Waals surface area contributed by atoms with Crippen molar-refractivity contribution < 1.29 is 14.3 Å². The van der Waals surface area contributed by atoms with Crippen LogP contribution in [0.3, 0.4) is 0 Å². The van der Waals surface area contributed by atoms with Crippen LogP contribution in [0.25, 0.3) is 0 Å². The van der Waals surface area contributed by atoms with Crippen molar-refractivity contribution in [1.82, 2.24) is 4.98 Å². The highest BCUT2D eigenvalue weighted by Gasteiger charge is 2.21. The number of nitrogens with zero attached hydrogens (tertiary/aromatic N) is 1. The summed E-state index contributed by atoms with van der Waals surface area (Å²) in [4.78, 5) is 28.6. The van der Waals surface area contributed by atoms with Crippen molar-refractivity contribution in [3.63, 3.8) is 0 Å². The molecule has 6 heteroatoms. The maximum Gasteiger partial charge on any atom is 0.267 e. The highest BCUT2D eigenvalue weighted by atomic mass is 32.1. The summed E-state index contributed by atoms with van der Waals surface area (Å²) in [5.41, 5.74) is 1.70. The smallest absolute Gasteiger partial charge is 0.267 e. The number of anilines is 1. The second kappa shape index (κ2) is 7.37. The summed E-state index contributed by atoms with van der Waals surface area (Å²) < 4.78 is 5.76. The highest BCUT2D eigenvalue weighted by Crippen LogP contribution is 2.23. The second-order valence-corrected chi connectivity index (χ2v) is 6.31. The number of Topliss-reactive ketones (excluding diaryl/α,β-unsaturated/α-hetero) is 1. The van der Waals surface area contributed by atoms with Crippen molar-refractivity contribution in [2.45, 2.75) is 40.2 Å². The Labute approximate surface area is 139 Å². The molecule has 23 heavy (non-hydrogen) atoms. The number of aromatic nitrogens is 1. The van der Waals surface area contributed by atoms with Crippen LogP contribution >= 0.6 is 11.3 Å². The molecule has 1 aromatic heterocycles. The number of ketones is 1. The normalized spacial score (nSPS) is 11.8. The lowest BCUT2D eigenvalue weighted by Crippen LogP contribution is -2.32. The molecule has 5 nitrogen and oxygen atoms in total. The van der Waals surface area contributed by atoms with E-state index in [9.17, 15) is 9.59 Å². The summed E-state index contributed by atoms with van der Waals surface area (Å²) in [5, 5.41) is 3.16. The number of carbonyl (C=O) groups excluding carboxylic acids is 2. The number of thiazole rings is 1. The van der Waals surface area contributed by atoms with Gasteiger partial charge in [0, 0.05) is 6.92 Å². The quantitative estimate of drug-likeness (QED) is 0.818. The lowest BCUT2D eigenvalue weighted by atomic mass is 10.2. The van der Waals surface area contributed by atoms with Gasteiger partial charge in [-0.05, 0) is 38.0 Å². The van der Waals surface area contributed by atoms with Crippen LogP contribution in [0.15, 0.2) is 24.3 Å². The first-order valence-corrected chi connectivity index (χ1v) is 8.25. The van der Waals surface area contributed by atoms with Gasteiger partial charge in [-0.3, -0.25) is 14.9 Å². The zero-order valence-corrected chi connectivity index (χ0v) is 14.5. The Morgan fingerprint density at radius 1 is 1.35 bits per heavy atom. The number of hydrogen-bond acceptors (Lipinski definition) is 5. The standard InChI is InChI=1S/C17H20N2O3S/c1-5-14(22-13-8-6-7-10(2)9-13)16(21)19-17-18-11(3)15(23-17)12(4)20/h6-9,14H,5H2,1-4H3,(H,18,19,21). The van der Waals surface area contributed by atoms with Crippen molar-refractivity contribution >= 4 is 28.2 Å². The molecule has 2 aromatic rings. The Morgan fingerprint density at radius 2 is 2.09 bits per heavy atom. The summed E-state index contributed by atoms with van der Waals surface area (Å²) >= 11 is 1.18. The first-order chi connectivity index (χ1) is 10.9. The molecule has 0 bridgehead atoms. The van der Waals surface area contributed by atoms with Gasteiger partial charge in [0.15, 0.2) is 17.0 Å². The van der Waals surface area contributed by atoms with Gasteiger partial charge >= 0.3 is 0 Å². The van der Waals surface area contributed by atoms with Crippen LogP contribution in [0.2, 0.25) is 0 Å². The van der Waals surface area contributed by atoms with Crippen molar-refractivity contribution in [3.05, 3.63) is 40.4 Å². The predicted octanol–water partition coefficient (Wildman–Crippen LogP) is 3.76. The highest BCUT2D eigenvalue weighted by molar-refractivity contribution is 7.17. The molecule has 1 amide bonds. The number of ether oxygens (including phenoxy) is 1. The zero-order valence-electron chi connectivity index (χ0n) is 13.7. The van der Waals surface area contributed by atoms with Gasteiger partial charge in [-0.2, -0.15) is 0 Å². The van der Waals surface area contributed by atoms with E-state index in [1.54, 1.807) is 6.92 Å². The molecule has 0 spiro atoms. The molecule has 0 fully saturated rings. The van der Waals surface area contributed by atoms with E-state index in [0.29, 0.717) is 27.9 Å². The molecule has 0 aliphatic heterocycles. The molecule has 1 N–H and O–H groups in total. The molecule has 2 rings (SSSR count). The maximum atomic E-state index is 12.4. The van der Waals surface area contributed by atoms with Crippen molar-refractivity contribution in [3.8, 4) is 5.75 Å². The fourth-order valence-corrected chi connectivity index (χ4v) is 3.00. The Morgan fingerprint density at radius 3 is 2.65 bits per heavy atom. The van der Waals surface area contributed by atoms with Gasteiger partial charge in [-0.15, -0.1) is 0 Å². The van der Waals surface area contributed by atoms with Gasteiger partial charge in [-0.1, -0.05) is 30.4 Å². The zero-order chi connectivity index (χ0) is 17.0. The first-order valence-electron chi connectivity index (χ1n) is 7.43. The van der Waals surface area contributed by atoms with E-state index in [4.69, 9.17) is 4.74 Å². The molecule has 0 saturated heterocycles. The van der Waals surface area contributed by atoms with Crippen molar-refractivity contribution in [2.75, 3.05) is 5.32 Å². The van der Waals surface area contributed by atoms with E-state index < -0.39 is 6.10 Å². The number of amides is 1. The molecule has 0 aliphatic rings.